The molecule has 1 saturated heterocycles. The van der Waals surface area contributed by atoms with E-state index in [1.807, 2.05) is 0 Å². The van der Waals surface area contributed by atoms with Crippen LogP contribution in [0.5, 0.6) is 0 Å². The number of hydrogen-bond donors (Lipinski definition) is 1. The third kappa shape index (κ3) is 5.25. The molecule has 1 aliphatic heterocycles. The molecule has 0 spiro atoms. The first-order valence-electron chi connectivity index (χ1n) is 6.17. The van der Waals surface area contributed by atoms with Crippen molar-refractivity contribution < 1.29 is 38.4 Å². The predicted octanol–water partition coefficient (Wildman–Crippen LogP) is -0.106. The molecule has 1 fully saturated rings. The van der Waals surface area contributed by atoms with Crippen molar-refractivity contribution >= 4 is 33.8 Å². The van der Waals surface area contributed by atoms with Gasteiger partial charge in [0.25, 0.3) is 0 Å². The smallest absolute Gasteiger partial charge is 0.303 e. The number of aliphatic hydroxyl groups excluding tert-OH is 1. The van der Waals surface area contributed by atoms with Gasteiger partial charge in [-0.25, -0.2) is 0 Å². The standard InChI is InChI=1S/C12H17BrO8/c1-5(14)18-4-8-10(19-6(2)15)11(20-7(3)16)9(17)12(13)21-8/h8-12,17H,4H2,1-3H3/t8-,9-,10-,11-,12-/m1/s1. The van der Waals surface area contributed by atoms with Crippen LogP contribution in [0.3, 0.4) is 0 Å². The Morgan fingerprint density at radius 1 is 1.05 bits per heavy atom. The third-order valence-corrected chi connectivity index (χ3v) is 3.41. The first-order chi connectivity index (χ1) is 9.72. The SMILES string of the molecule is CC(=O)OC[C@H]1O[C@@H](Br)[C@H](O)[C@@H](OC(C)=O)[C@@H]1OC(C)=O. The van der Waals surface area contributed by atoms with Crippen molar-refractivity contribution in [1.82, 2.24) is 0 Å². The van der Waals surface area contributed by atoms with E-state index in [4.69, 9.17) is 18.9 Å². The van der Waals surface area contributed by atoms with E-state index >= 15 is 0 Å². The lowest BCUT2D eigenvalue weighted by Crippen LogP contribution is -2.59. The summed E-state index contributed by atoms with van der Waals surface area (Å²) in [6.07, 6.45) is -4.35. The van der Waals surface area contributed by atoms with E-state index < -0.39 is 47.3 Å². The zero-order valence-corrected chi connectivity index (χ0v) is 13.4. The summed E-state index contributed by atoms with van der Waals surface area (Å²) < 4.78 is 20.3. The van der Waals surface area contributed by atoms with Crippen LogP contribution in [0, 0.1) is 0 Å². The second-order valence-electron chi connectivity index (χ2n) is 4.47. The Hall–Kier alpha value is -1.19. The number of carbonyl (C=O) groups is 3. The second kappa shape index (κ2) is 7.71. The van der Waals surface area contributed by atoms with Crippen molar-refractivity contribution in [3.63, 3.8) is 0 Å². The first-order valence-corrected chi connectivity index (χ1v) is 7.09. The molecule has 0 aliphatic carbocycles. The molecule has 0 amide bonds. The summed E-state index contributed by atoms with van der Waals surface area (Å²) in [7, 11) is 0. The summed E-state index contributed by atoms with van der Waals surface area (Å²) in [6, 6.07) is 0. The maximum Gasteiger partial charge on any atom is 0.303 e. The van der Waals surface area contributed by atoms with Gasteiger partial charge in [0.15, 0.2) is 12.2 Å². The average molecular weight is 369 g/mol. The van der Waals surface area contributed by atoms with Gasteiger partial charge >= 0.3 is 17.9 Å². The highest BCUT2D eigenvalue weighted by Crippen LogP contribution is 2.29. The summed E-state index contributed by atoms with van der Waals surface area (Å²) in [6.45, 7) is 3.34. The Morgan fingerprint density at radius 2 is 1.57 bits per heavy atom. The predicted molar refractivity (Wildman–Crippen MR) is 71.3 cm³/mol. The van der Waals surface area contributed by atoms with Gasteiger partial charge in [-0.3, -0.25) is 14.4 Å². The zero-order valence-electron chi connectivity index (χ0n) is 11.8. The van der Waals surface area contributed by atoms with Crippen molar-refractivity contribution in [2.75, 3.05) is 6.61 Å². The van der Waals surface area contributed by atoms with Crippen LogP contribution in [0.4, 0.5) is 0 Å². The molecule has 0 aromatic heterocycles. The summed E-state index contributed by atoms with van der Waals surface area (Å²) in [4.78, 5) is 33.2. The van der Waals surface area contributed by atoms with Gasteiger partial charge in [-0.2, -0.15) is 0 Å². The van der Waals surface area contributed by atoms with Crippen molar-refractivity contribution in [2.24, 2.45) is 0 Å². The van der Waals surface area contributed by atoms with Crippen molar-refractivity contribution in [2.45, 2.75) is 50.2 Å². The number of halogens is 1. The van der Waals surface area contributed by atoms with E-state index in [1.165, 1.54) is 13.8 Å². The molecular weight excluding hydrogens is 352 g/mol. The van der Waals surface area contributed by atoms with Gasteiger partial charge in [0.2, 0.25) is 0 Å². The summed E-state index contributed by atoms with van der Waals surface area (Å²) in [5.41, 5.74) is 0. The summed E-state index contributed by atoms with van der Waals surface area (Å²) in [5, 5.41) is 9.15. The van der Waals surface area contributed by atoms with Crippen LogP contribution >= 0.6 is 15.9 Å². The van der Waals surface area contributed by atoms with Gasteiger partial charge in [-0.15, -0.1) is 0 Å². The van der Waals surface area contributed by atoms with E-state index in [0.29, 0.717) is 0 Å². The number of carbonyl (C=O) groups excluding carboxylic acids is 3. The fourth-order valence-electron chi connectivity index (χ4n) is 1.88. The van der Waals surface area contributed by atoms with Crippen LogP contribution < -0.4 is 0 Å². The number of esters is 3. The van der Waals surface area contributed by atoms with Crippen LogP contribution in [-0.4, -0.2) is 59.1 Å². The van der Waals surface area contributed by atoms with Gasteiger partial charge in [0.05, 0.1) is 0 Å². The van der Waals surface area contributed by atoms with Crippen molar-refractivity contribution in [3.8, 4) is 0 Å². The molecule has 0 aromatic rings. The Labute approximate surface area is 129 Å². The minimum Gasteiger partial charge on any atom is -0.463 e. The molecule has 0 unspecified atom stereocenters. The Bertz CT molecular complexity index is 412. The summed E-state index contributed by atoms with van der Waals surface area (Å²) in [5.74, 6) is -1.83. The van der Waals surface area contributed by atoms with Gasteiger partial charge in [-0.1, -0.05) is 15.9 Å². The molecule has 9 heteroatoms. The van der Waals surface area contributed by atoms with E-state index in [1.54, 1.807) is 0 Å². The van der Waals surface area contributed by atoms with Crippen LogP contribution in [-0.2, 0) is 33.3 Å². The maximum absolute atomic E-state index is 11.2. The molecule has 1 N–H and O–H groups in total. The molecule has 5 atom stereocenters. The van der Waals surface area contributed by atoms with Gasteiger partial charge in [-0.05, 0) is 0 Å². The Balaban J connectivity index is 2.94. The third-order valence-electron chi connectivity index (χ3n) is 2.66. The largest absolute Gasteiger partial charge is 0.463 e. The molecule has 120 valence electrons. The molecule has 1 heterocycles. The monoisotopic (exact) mass is 368 g/mol. The number of hydrogen-bond acceptors (Lipinski definition) is 8. The highest BCUT2D eigenvalue weighted by Gasteiger charge is 2.48. The number of ether oxygens (including phenoxy) is 4. The molecule has 0 aromatic carbocycles. The van der Waals surface area contributed by atoms with E-state index in [9.17, 15) is 19.5 Å². The Morgan fingerprint density at radius 3 is 2.05 bits per heavy atom. The first kappa shape index (κ1) is 17.9. The lowest BCUT2D eigenvalue weighted by Gasteiger charge is -2.41. The fraction of sp³-hybridized carbons (Fsp3) is 0.750. The van der Waals surface area contributed by atoms with Crippen LogP contribution in [0.1, 0.15) is 20.8 Å². The zero-order chi connectivity index (χ0) is 16.2. The van der Waals surface area contributed by atoms with E-state index in [-0.39, 0.29) is 6.61 Å². The lowest BCUT2D eigenvalue weighted by atomic mass is 10.00. The number of aliphatic hydroxyl groups is 1. The van der Waals surface area contributed by atoms with Crippen LogP contribution in [0.25, 0.3) is 0 Å². The Kier molecular flexibility index (Phi) is 6.56. The van der Waals surface area contributed by atoms with Crippen molar-refractivity contribution in [1.29, 1.82) is 0 Å². The average Bonchev–Trinajstić information content (AvgIpc) is 2.35. The van der Waals surface area contributed by atoms with E-state index in [2.05, 4.69) is 15.9 Å². The van der Waals surface area contributed by atoms with Crippen molar-refractivity contribution in [3.05, 3.63) is 0 Å². The highest BCUT2D eigenvalue weighted by atomic mass is 79.9. The van der Waals surface area contributed by atoms with Gasteiger partial charge < -0.3 is 24.1 Å². The normalized spacial score (nSPS) is 32.1. The molecular formula is C12H17BrO8. The molecule has 0 bridgehead atoms. The highest BCUT2D eigenvalue weighted by molar-refractivity contribution is 9.09. The maximum atomic E-state index is 11.2. The minimum absolute atomic E-state index is 0.208. The molecule has 0 radical (unpaired) electrons. The fourth-order valence-corrected chi connectivity index (χ4v) is 2.45. The minimum atomic E-state index is -1.24. The molecule has 8 nitrogen and oxygen atoms in total. The number of rotatable bonds is 4. The number of alkyl halides is 1. The second-order valence-corrected chi connectivity index (χ2v) is 5.37. The lowest BCUT2D eigenvalue weighted by molar-refractivity contribution is -0.230. The summed E-state index contributed by atoms with van der Waals surface area (Å²) >= 11 is 3.08. The van der Waals surface area contributed by atoms with Gasteiger partial charge in [0, 0.05) is 20.8 Å². The van der Waals surface area contributed by atoms with Crippen LogP contribution in [0.2, 0.25) is 0 Å². The van der Waals surface area contributed by atoms with Gasteiger partial charge in [0.1, 0.15) is 23.8 Å². The van der Waals surface area contributed by atoms with E-state index in [0.717, 1.165) is 6.92 Å². The molecule has 1 rings (SSSR count). The van der Waals surface area contributed by atoms with Crippen LogP contribution in [0.15, 0.2) is 0 Å². The molecule has 21 heavy (non-hydrogen) atoms. The molecule has 0 saturated carbocycles. The topological polar surface area (TPSA) is 108 Å². The molecule has 1 aliphatic rings. The quantitative estimate of drug-likeness (QED) is 0.416.